The largest absolute Gasteiger partial charge is 0.366 e. The van der Waals surface area contributed by atoms with Crippen LogP contribution in [-0.2, 0) is 4.79 Å². The number of amides is 2. The van der Waals surface area contributed by atoms with Crippen molar-refractivity contribution < 1.29 is 18.4 Å². The lowest BCUT2D eigenvalue weighted by atomic mass is 10.0. The van der Waals surface area contributed by atoms with Gasteiger partial charge in [-0.25, -0.2) is 8.78 Å². The normalized spacial score (nSPS) is 12.0. The molecular weight excluding hydrogens is 328 g/mol. The minimum Gasteiger partial charge on any atom is -0.366 e. The molecule has 0 bridgehead atoms. The summed E-state index contributed by atoms with van der Waals surface area (Å²) in [5, 5.41) is 2.42. The molecule has 0 radical (unpaired) electrons. The Balaban J connectivity index is 2.36. The zero-order valence-corrected chi connectivity index (χ0v) is 13.9. The van der Waals surface area contributed by atoms with Crippen LogP contribution in [0.2, 0.25) is 0 Å². The molecule has 2 rings (SSSR count). The second-order valence-electron chi connectivity index (χ2n) is 5.55. The minimum atomic E-state index is -1.08. The molecule has 7 heteroatoms. The van der Waals surface area contributed by atoms with Crippen molar-refractivity contribution in [1.82, 2.24) is 4.90 Å². The van der Waals surface area contributed by atoms with E-state index < -0.39 is 35.1 Å². The van der Waals surface area contributed by atoms with E-state index in [-0.39, 0.29) is 5.69 Å². The van der Waals surface area contributed by atoms with Crippen molar-refractivity contribution in [2.24, 2.45) is 5.73 Å². The van der Waals surface area contributed by atoms with Crippen LogP contribution in [0.5, 0.6) is 0 Å². The summed E-state index contributed by atoms with van der Waals surface area (Å²) in [4.78, 5) is 25.7. The molecular formula is C18H19F2N3O2. The van der Waals surface area contributed by atoms with E-state index in [4.69, 9.17) is 5.73 Å². The number of carbonyl (C=O) groups is 2. The van der Waals surface area contributed by atoms with E-state index in [9.17, 15) is 18.4 Å². The Morgan fingerprint density at radius 3 is 2.36 bits per heavy atom. The van der Waals surface area contributed by atoms with Crippen LogP contribution in [-0.4, -0.2) is 30.3 Å². The first-order chi connectivity index (χ1) is 11.8. The van der Waals surface area contributed by atoms with Gasteiger partial charge in [-0.05, 0) is 25.2 Å². The number of nitrogens with one attached hydrogen (secondary N) is 1. The highest BCUT2D eigenvalue weighted by molar-refractivity contribution is 5.98. The number of nitrogens with two attached hydrogens (primary N) is 1. The summed E-state index contributed by atoms with van der Waals surface area (Å²) in [6.07, 6.45) is 0. The number of primary amides is 1. The van der Waals surface area contributed by atoms with Crippen LogP contribution in [0, 0.1) is 11.6 Å². The summed E-state index contributed by atoms with van der Waals surface area (Å²) in [6, 6.07) is 9.73. The van der Waals surface area contributed by atoms with Gasteiger partial charge in [0, 0.05) is 6.07 Å². The third-order valence-corrected chi connectivity index (χ3v) is 3.88. The smallest absolute Gasteiger partial charge is 0.251 e. The van der Waals surface area contributed by atoms with Gasteiger partial charge in [0.2, 0.25) is 5.91 Å². The number of rotatable bonds is 6. The summed E-state index contributed by atoms with van der Waals surface area (Å²) in [5.41, 5.74) is 5.00. The first kappa shape index (κ1) is 18.5. The second-order valence-corrected chi connectivity index (χ2v) is 5.55. The molecule has 0 aliphatic heterocycles. The van der Waals surface area contributed by atoms with Gasteiger partial charge in [-0.2, -0.15) is 0 Å². The zero-order chi connectivity index (χ0) is 18.6. The number of halogens is 2. The standard InChI is InChI=1S/C18H19F2N3O2/c1-3-23(2)16(11-7-5-4-6-8-11)18(25)22-15-9-12(17(21)24)13(19)10-14(15)20/h4-10,16H,3H2,1-2H3,(H2,21,24)(H,22,25). The van der Waals surface area contributed by atoms with Gasteiger partial charge in [0.15, 0.2) is 0 Å². The number of nitrogens with zero attached hydrogens (tertiary/aromatic N) is 1. The van der Waals surface area contributed by atoms with Gasteiger partial charge in [0.1, 0.15) is 17.7 Å². The maximum absolute atomic E-state index is 14.0. The monoisotopic (exact) mass is 347 g/mol. The SMILES string of the molecule is CCN(C)C(C(=O)Nc1cc(C(N)=O)c(F)cc1F)c1ccccc1. The molecule has 0 saturated carbocycles. The predicted molar refractivity (Wildman–Crippen MR) is 91.0 cm³/mol. The quantitative estimate of drug-likeness (QED) is 0.844. The summed E-state index contributed by atoms with van der Waals surface area (Å²) < 4.78 is 27.5. The molecule has 0 aliphatic rings. The molecule has 0 spiro atoms. The first-order valence-corrected chi connectivity index (χ1v) is 7.70. The van der Waals surface area contributed by atoms with Crippen molar-refractivity contribution in [2.75, 3.05) is 18.9 Å². The van der Waals surface area contributed by atoms with Crippen LogP contribution >= 0.6 is 0 Å². The average Bonchev–Trinajstić information content (AvgIpc) is 2.58. The Labute approximate surface area is 144 Å². The zero-order valence-electron chi connectivity index (χ0n) is 13.9. The van der Waals surface area contributed by atoms with Gasteiger partial charge in [-0.15, -0.1) is 0 Å². The maximum atomic E-state index is 14.0. The molecule has 2 aromatic carbocycles. The molecule has 0 heterocycles. The van der Waals surface area contributed by atoms with Crippen molar-refractivity contribution in [3.05, 3.63) is 65.2 Å². The summed E-state index contributed by atoms with van der Waals surface area (Å²) in [5.74, 6) is -3.61. The molecule has 25 heavy (non-hydrogen) atoms. The second kappa shape index (κ2) is 7.85. The van der Waals surface area contributed by atoms with Crippen LogP contribution in [0.3, 0.4) is 0 Å². The highest BCUT2D eigenvalue weighted by Gasteiger charge is 2.25. The highest BCUT2D eigenvalue weighted by atomic mass is 19.1. The fourth-order valence-corrected chi connectivity index (χ4v) is 2.46. The Morgan fingerprint density at radius 1 is 1.16 bits per heavy atom. The third kappa shape index (κ3) is 4.19. The fourth-order valence-electron chi connectivity index (χ4n) is 2.46. The van der Waals surface area contributed by atoms with Crippen molar-refractivity contribution >= 4 is 17.5 Å². The van der Waals surface area contributed by atoms with Crippen molar-refractivity contribution in [3.63, 3.8) is 0 Å². The van der Waals surface area contributed by atoms with E-state index >= 15 is 0 Å². The Kier molecular flexibility index (Phi) is 5.82. The lowest BCUT2D eigenvalue weighted by Crippen LogP contribution is -2.35. The topological polar surface area (TPSA) is 75.4 Å². The minimum absolute atomic E-state index is 0.300. The van der Waals surface area contributed by atoms with E-state index in [1.165, 1.54) is 0 Å². The molecule has 5 nitrogen and oxygen atoms in total. The molecule has 1 unspecified atom stereocenters. The van der Waals surface area contributed by atoms with Gasteiger partial charge in [0.25, 0.3) is 5.91 Å². The van der Waals surface area contributed by atoms with E-state index in [0.29, 0.717) is 12.6 Å². The molecule has 2 aromatic rings. The van der Waals surface area contributed by atoms with Gasteiger partial charge >= 0.3 is 0 Å². The lowest BCUT2D eigenvalue weighted by molar-refractivity contribution is -0.121. The Hall–Kier alpha value is -2.80. The molecule has 2 amide bonds. The van der Waals surface area contributed by atoms with Gasteiger partial charge < -0.3 is 11.1 Å². The van der Waals surface area contributed by atoms with E-state index in [1.54, 1.807) is 36.2 Å². The van der Waals surface area contributed by atoms with Crippen LogP contribution in [0.25, 0.3) is 0 Å². The van der Waals surface area contributed by atoms with Gasteiger partial charge in [0.05, 0.1) is 11.3 Å². The average molecular weight is 347 g/mol. The van der Waals surface area contributed by atoms with Crippen molar-refractivity contribution in [2.45, 2.75) is 13.0 Å². The highest BCUT2D eigenvalue weighted by Crippen LogP contribution is 2.24. The lowest BCUT2D eigenvalue weighted by Gasteiger charge is -2.26. The fraction of sp³-hybridized carbons (Fsp3) is 0.222. The number of benzene rings is 2. The van der Waals surface area contributed by atoms with Gasteiger partial charge in [-0.1, -0.05) is 37.3 Å². The predicted octanol–water partition coefficient (Wildman–Crippen LogP) is 2.70. The maximum Gasteiger partial charge on any atom is 0.251 e. The molecule has 0 aromatic heterocycles. The molecule has 0 fully saturated rings. The van der Waals surface area contributed by atoms with Gasteiger partial charge in [-0.3, -0.25) is 14.5 Å². The summed E-state index contributed by atoms with van der Waals surface area (Å²) in [7, 11) is 1.76. The summed E-state index contributed by atoms with van der Waals surface area (Å²) >= 11 is 0. The van der Waals surface area contributed by atoms with E-state index in [0.717, 1.165) is 11.6 Å². The van der Waals surface area contributed by atoms with E-state index in [1.807, 2.05) is 13.0 Å². The number of hydrogen-bond donors (Lipinski definition) is 2. The van der Waals surface area contributed by atoms with Crippen molar-refractivity contribution in [3.8, 4) is 0 Å². The number of hydrogen-bond acceptors (Lipinski definition) is 3. The first-order valence-electron chi connectivity index (χ1n) is 7.70. The van der Waals surface area contributed by atoms with Crippen molar-refractivity contribution in [1.29, 1.82) is 0 Å². The Bertz CT molecular complexity index is 781. The molecule has 0 saturated heterocycles. The number of carbonyl (C=O) groups excluding carboxylic acids is 2. The molecule has 1 atom stereocenters. The van der Waals surface area contributed by atoms with Crippen LogP contribution < -0.4 is 11.1 Å². The molecule has 132 valence electrons. The molecule has 3 N–H and O–H groups in total. The third-order valence-electron chi connectivity index (χ3n) is 3.88. The van der Waals surface area contributed by atoms with E-state index in [2.05, 4.69) is 5.32 Å². The Morgan fingerprint density at radius 2 is 1.80 bits per heavy atom. The van der Waals surface area contributed by atoms with Crippen LogP contribution in [0.1, 0.15) is 28.9 Å². The van der Waals surface area contributed by atoms with Crippen LogP contribution in [0.15, 0.2) is 42.5 Å². The van der Waals surface area contributed by atoms with Crippen LogP contribution in [0.4, 0.5) is 14.5 Å². The number of anilines is 1. The summed E-state index contributed by atoms with van der Waals surface area (Å²) in [6.45, 7) is 2.46. The number of likely N-dealkylation sites (N-methyl/N-ethyl adjacent to an activating group) is 1. The molecule has 0 aliphatic carbocycles.